The maximum Gasteiger partial charge on any atom is 0.408 e. The number of amides is 5. The van der Waals surface area contributed by atoms with Gasteiger partial charge in [0.15, 0.2) is 0 Å². The molecule has 0 aliphatic carbocycles. The lowest BCUT2D eigenvalue weighted by Gasteiger charge is -2.25. The van der Waals surface area contributed by atoms with Gasteiger partial charge in [-0.2, -0.15) is 5.10 Å². The number of unbranched alkanes of at least 4 members (excludes halogenated alkanes) is 1. The summed E-state index contributed by atoms with van der Waals surface area (Å²) in [6.45, 7) is 19.6. The van der Waals surface area contributed by atoms with Crippen LogP contribution < -0.4 is 26.7 Å². The summed E-state index contributed by atoms with van der Waals surface area (Å²) in [6.07, 6.45) is 0.0752. The summed E-state index contributed by atoms with van der Waals surface area (Å²) in [5, 5.41) is 14.5. The molecule has 1 aromatic carbocycles. The van der Waals surface area contributed by atoms with E-state index in [0.29, 0.717) is 25.1 Å². The van der Waals surface area contributed by atoms with Crippen molar-refractivity contribution in [3.63, 3.8) is 0 Å². The molecule has 0 fully saturated rings. The number of hydrogen-bond acceptors (Lipinski definition) is 8. The number of hydrazone groups is 1. The lowest BCUT2D eigenvalue weighted by molar-refractivity contribution is -0.132. The van der Waals surface area contributed by atoms with Crippen LogP contribution in [0, 0.1) is 0 Å². The van der Waals surface area contributed by atoms with Crippen LogP contribution in [-0.4, -0.2) is 71.5 Å². The third kappa shape index (κ3) is 20.0. The van der Waals surface area contributed by atoms with Crippen LogP contribution in [0.5, 0.6) is 0 Å². The molecule has 0 saturated heterocycles. The van der Waals surface area contributed by atoms with Crippen molar-refractivity contribution >= 4 is 35.6 Å². The molecule has 5 N–H and O–H groups in total. The smallest absolute Gasteiger partial charge is 0.408 e. The summed E-state index contributed by atoms with van der Waals surface area (Å²) < 4.78 is 10.4. The van der Waals surface area contributed by atoms with E-state index in [2.05, 4.69) is 31.8 Å². The average molecular weight is 649 g/mol. The number of alkyl carbamates (subject to hydrolysis) is 2. The number of carbonyl (C=O) groups is 5. The lowest BCUT2D eigenvalue weighted by atomic mass is 10.0. The first-order chi connectivity index (χ1) is 21.4. The Morgan fingerprint density at radius 2 is 1.28 bits per heavy atom. The molecule has 260 valence electrons. The Balaban J connectivity index is 0.00000991. The fourth-order valence-corrected chi connectivity index (χ4v) is 3.67. The molecule has 0 saturated carbocycles. The van der Waals surface area contributed by atoms with Crippen LogP contribution in [0.4, 0.5) is 9.59 Å². The van der Waals surface area contributed by atoms with Gasteiger partial charge >= 0.3 is 12.2 Å². The summed E-state index contributed by atoms with van der Waals surface area (Å²) in [6, 6.07) is 6.04. The van der Waals surface area contributed by atoms with Crippen molar-refractivity contribution in [1.29, 1.82) is 0 Å². The topological polar surface area (TPSA) is 176 Å². The van der Waals surface area contributed by atoms with Gasteiger partial charge in [0.2, 0.25) is 11.8 Å². The Bertz CT molecular complexity index is 1140. The van der Waals surface area contributed by atoms with Gasteiger partial charge in [0.1, 0.15) is 29.3 Å². The average Bonchev–Trinajstić information content (AvgIpc) is 2.94. The zero-order valence-electron chi connectivity index (χ0n) is 29.5. The van der Waals surface area contributed by atoms with Gasteiger partial charge in [-0.05, 0) is 87.1 Å². The fourth-order valence-electron chi connectivity index (χ4n) is 3.67. The molecule has 0 bridgehead atoms. The number of hydrogen-bond donors (Lipinski definition) is 5. The third-order valence-corrected chi connectivity index (χ3v) is 5.65. The lowest BCUT2D eigenvalue weighted by Crippen LogP contribution is -2.56. The summed E-state index contributed by atoms with van der Waals surface area (Å²) in [7, 11) is 0. The summed E-state index contributed by atoms with van der Waals surface area (Å²) in [5.41, 5.74) is 2.48. The molecule has 5 amide bonds. The number of benzene rings is 1. The highest BCUT2D eigenvalue weighted by atomic mass is 16.6. The van der Waals surface area contributed by atoms with Crippen LogP contribution in [0.3, 0.4) is 0 Å². The second-order valence-corrected chi connectivity index (χ2v) is 12.6. The first kappa shape index (κ1) is 41.8. The number of nitrogens with zero attached hydrogens (tertiary/aromatic N) is 1. The van der Waals surface area contributed by atoms with Crippen molar-refractivity contribution in [3.8, 4) is 0 Å². The largest absolute Gasteiger partial charge is 0.444 e. The van der Waals surface area contributed by atoms with Crippen LogP contribution in [0.2, 0.25) is 0 Å². The van der Waals surface area contributed by atoms with E-state index >= 15 is 0 Å². The van der Waals surface area contributed by atoms with E-state index in [4.69, 9.17) is 9.47 Å². The number of rotatable bonds is 14. The SMILES string of the molecule is CC.CC(C)=NNC(=O)C(CCCCNC(=O)OC(C)(C)C)NC(=O)C(Cc1ccccc1)NC(=O)C(C)NC(=O)OC(C)(C)C. The molecule has 0 aliphatic heterocycles. The maximum atomic E-state index is 13.6. The van der Waals surface area contributed by atoms with Crippen LogP contribution in [0.1, 0.15) is 101 Å². The van der Waals surface area contributed by atoms with E-state index in [1.165, 1.54) is 6.92 Å². The monoisotopic (exact) mass is 648 g/mol. The second kappa shape index (κ2) is 20.8. The highest BCUT2D eigenvalue weighted by Crippen LogP contribution is 2.09. The fraction of sp³-hybridized carbons (Fsp3) is 0.636. The van der Waals surface area contributed by atoms with E-state index in [9.17, 15) is 24.0 Å². The molecule has 1 rings (SSSR count). The standard InChI is InChI=1S/C31H50N6O7.C2H6/c1-20(2)36-37-27(40)23(17-13-14-18-32-28(41)43-30(4,5)6)34-26(39)24(19-22-15-11-10-12-16-22)35-25(38)21(3)33-29(42)44-31(7,8)9;1-2/h10-12,15-16,21,23-24H,13-14,17-19H2,1-9H3,(H,32,41)(H,33,42)(H,34,39)(H,35,38)(H,37,40);1-2H3. The van der Waals surface area contributed by atoms with Crippen LogP contribution in [0.25, 0.3) is 0 Å². The summed E-state index contributed by atoms with van der Waals surface area (Å²) in [4.78, 5) is 63.7. The van der Waals surface area contributed by atoms with E-state index in [1.54, 1.807) is 55.4 Å². The van der Waals surface area contributed by atoms with Crippen LogP contribution in [-0.2, 0) is 30.3 Å². The minimum absolute atomic E-state index is 0.137. The Morgan fingerprint density at radius 1 is 0.739 bits per heavy atom. The molecule has 13 nitrogen and oxygen atoms in total. The quantitative estimate of drug-likeness (QED) is 0.113. The predicted octanol–water partition coefficient (Wildman–Crippen LogP) is 4.35. The van der Waals surface area contributed by atoms with E-state index in [0.717, 1.165) is 5.56 Å². The van der Waals surface area contributed by atoms with Gasteiger partial charge < -0.3 is 30.7 Å². The second-order valence-electron chi connectivity index (χ2n) is 12.6. The van der Waals surface area contributed by atoms with Gasteiger partial charge in [0, 0.05) is 18.7 Å². The minimum atomic E-state index is -1.06. The van der Waals surface area contributed by atoms with Gasteiger partial charge in [-0.25, -0.2) is 15.0 Å². The van der Waals surface area contributed by atoms with Crippen LogP contribution in [0.15, 0.2) is 35.4 Å². The molecule has 0 radical (unpaired) electrons. The minimum Gasteiger partial charge on any atom is -0.444 e. The first-order valence-corrected chi connectivity index (χ1v) is 15.8. The highest BCUT2D eigenvalue weighted by molar-refractivity contribution is 5.94. The number of ether oxygens (including phenoxy) is 2. The molecule has 46 heavy (non-hydrogen) atoms. The number of carbonyl (C=O) groups excluding carboxylic acids is 5. The zero-order valence-corrected chi connectivity index (χ0v) is 29.5. The van der Waals surface area contributed by atoms with Gasteiger partial charge in [-0.3, -0.25) is 14.4 Å². The molecule has 3 unspecified atom stereocenters. The van der Waals surface area contributed by atoms with Gasteiger partial charge in [0.25, 0.3) is 5.91 Å². The molecule has 0 spiro atoms. The van der Waals surface area contributed by atoms with Crippen molar-refractivity contribution in [1.82, 2.24) is 26.7 Å². The van der Waals surface area contributed by atoms with Gasteiger partial charge in [-0.1, -0.05) is 44.2 Å². The molecule has 13 heteroatoms. The first-order valence-electron chi connectivity index (χ1n) is 15.8. The molecule has 3 atom stereocenters. The number of nitrogens with one attached hydrogen (secondary N) is 5. The normalized spacial score (nSPS) is 12.8. The third-order valence-electron chi connectivity index (χ3n) is 5.65. The highest BCUT2D eigenvalue weighted by Gasteiger charge is 2.29. The van der Waals surface area contributed by atoms with Gasteiger partial charge in [0.05, 0.1) is 0 Å². The maximum absolute atomic E-state index is 13.6. The summed E-state index contributed by atoms with van der Waals surface area (Å²) in [5.74, 6) is -1.72. The zero-order chi connectivity index (χ0) is 35.5. The van der Waals surface area contributed by atoms with Crippen molar-refractivity contribution in [2.75, 3.05) is 6.54 Å². The molecule has 0 aliphatic rings. The van der Waals surface area contributed by atoms with Crippen LogP contribution >= 0.6 is 0 Å². The molecule has 0 aromatic heterocycles. The molecular weight excluding hydrogens is 592 g/mol. The Morgan fingerprint density at radius 3 is 1.83 bits per heavy atom. The van der Waals surface area contributed by atoms with Crippen molar-refractivity contribution in [2.24, 2.45) is 5.10 Å². The Labute approximate surface area is 274 Å². The van der Waals surface area contributed by atoms with E-state index < -0.39 is 59.2 Å². The molecule has 1 aromatic rings. The Hall–Kier alpha value is -4.16. The van der Waals surface area contributed by atoms with E-state index in [1.807, 2.05) is 44.2 Å². The molecular formula is C33H56N6O7. The van der Waals surface area contributed by atoms with Crippen molar-refractivity contribution in [3.05, 3.63) is 35.9 Å². The molecule has 0 heterocycles. The Kier molecular flexibility index (Phi) is 18.9. The van der Waals surface area contributed by atoms with Gasteiger partial charge in [-0.15, -0.1) is 0 Å². The summed E-state index contributed by atoms with van der Waals surface area (Å²) >= 11 is 0. The van der Waals surface area contributed by atoms with E-state index in [-0.39, 0.29) is 12.8 Å². The predicted molar refractivity (Wildman–Crippen MR) is 179 cm³/mol. The van der Waals surface area contributed by atoms with Crippen molar-refractivity contribution in [2.45, 2.75) is 131 Å². The van der Waals surface area contributed by atoms with Crippen molar-refractivity contribution < 1.29 is 33.4 Å².